The summed E-state index contributed by atoms with van der Waals surface area (Å²) in [5.41, 5.74) is 2.57. The minimum Gasteiger partial charge on any atom is -0.396 e. The number of anilines is 2. The van der Waals surface area contributed by atoms with Crippen LogP contribution in [0.5, 0.6) is 0 Å². The third kappa shape index (κ3) is 2.99. The number of hydrogen-bond acceptors (Lipinski definition) is 7. The fourth-order valence-electron chi connectivity index (χ4n) is 1.53. The number of nitrogens with two attached hydrogens (primary N) is 1. The molecule has 0 unspecified atom stereocenters. The lowest BCUT2D eigenvalue weighted by Gasteiger charge is -2.14. The number of hydrogen-bond donors (Lipinski definition) is 4. The molecule has 5 N–H and O–H groups in total. The van der Waals surface area contributed by atoms with Crippen LogP contribution in [-0.2, 0) is 0 Å². The second-order valence-corrected chi connectivity index (χ2v) is 5.05. The van der Waals surface area contributed by atoms with E-state index in [0.717, 1.165) is 25.2 Å². The monoisotopic (exact) mass is 255 g/mol. The summed E-state index contributed by atoms with van der Waals surface area (Å²) in [7, 11) is 0. The van der Waals surface area contributed by atoms with Gasteiger partial charge in [0, 0.05) is 18.0 Å². The van der Waals surface area contributed by atoms with Crippen molar-refractivity contribution >= 4 is 23.4 Å². The van der Waals surface area contributed by atoms with Crippen molar-refractivity contribution in [1.29, 1.82) is 0 Å². The molecule has 0 spiro atoms. The zero-order valence-electron chi connectivity index (χ0n) is 9.73. The van der Waals surface area contributed by atoms with E-state index >= 15 is 0 Å². The highest BCUT2D eigenvalue weighted by Crippen LogP contribution is 2.44. The van der Waals surface area contributed by atoms with Crippen molar-refractivity contribution in [2.24, 2.45) is 11.3 Å². The Bertz CT molecular complexity index is 374. The summed E-state index contributed by atoms with van der Waals surface area (Å²) in [6, 6.07) is 1.76. The van der Waals surface area contributed by atoms with E-state index in [0.29, 0.717) is 11.0 Å². The summed E-state index contributed by atoms with van der Waals surface area (Å²) >= 11 is 1.46. The highest BCUT2D eigenvalue weighted by atomic mass is 32.2. The van der Waals surface area contributed by atoms with Gasteiger partial charge in [-0.05, 0) is 19.1 Å². The summed E-state index contributed by atoms with van der Waals surface area (Å²) < 4.78 is 0. The fraction of sp³-hybridized carbons (Fsp3) is 0.600. The van der Waals surface area contributed by atoms with E-state index in [-0.39, 0.29) is 12.0 Å². The van der Waals surface area contributed by atoms with E-state index in [9.17, 15) is 5.11 Å². The number of thioether (sulfide) groups is 1. The minimum atomic E-state index is 0.0563. The summed E-state index contributed by atoms with van der Waals surface area (Å²) in [6.45, 7) is 0.959. The van der Waals surface area contributed by atoms with Gasteiger partial charge in [0.05, 0.1) is 6.61 Å². The predicted molar refractivity (Wildman–Crippen MR) is 68.9 cm³/mol. The average Bonchev–Trinajstić information content (AvgIpc) is 3.16. The molecule has 1 fully saturated rings. The minimum absolute atomic E-state index is 0.0563. The highest BCUT2D eigenvalue weighted by molar-refractivity contribution is 7.98. The second kappa shape index (κ2) is 5.07. The van der Waals surface area contributed by atoms with Crippen molar-refractivity contribution < 1.29 is 5.11 Å². The van der Waals surface area contributed by atoms with E-state index in [1.807, 2.05) is 6.26 Å². The SMILES string of the molecule is CSc1nc(NN)cc(NCC2(CO)CC2)n1. The summed E-state index contributed by atoms with van der Waals surface area (Å²) in [5, 5.41) is 13.1. The van der Waals surface area contributed by atoms with Crippen molar-refractivity contribution in [3.05, 3.63) is 6.07 Å². The van der Waals surface area contributed by atoms with Crippen LogP contribution in [0.2, 0.25) is 0 Å². The Morgan fingerprint density at radius 3 is 2.71 bits per heavy atom. The van der Waals surface area contributed by atoms with Gasteiger partial charge in [-0.25, -0.2) is 15.8 Å². The summed E-state index contributed by atoms with van der Waals surface area (Å²) in [4.78, 5) is 8.51. The Morgan fingerprint density at radius 2 is 2.18 bits per heavy atom. The first kappa shape index (κ1) is 12.4. The molecule has 0 saturated heterocycles. The lowest BCUT2D eigenvalue weighted by Crippen LogP contribution is -2.20. The van der Waals surface area contributed by atoms with Crippen molar-refractivity contribution in [2.45, 2.75) is 18.0 Å². The predicted octanol–water partition coefficient (Wildman–Crippen LogP) is 0.668. The van der Waals surface area contributed by atoms with Gasteiger partial charge in [0.2, 0.25) is 0 Å². The molecule has 0 bridgehead atoms. The molecule has 0 amide bonds. The van der Waals surface area contributed by atoms with Crippen molar-refractivity contribution in [2.75, 3.05) is 30.1 Å². The maximum absolute atomic E-state index is 9.23. The van der Waals surface area contributed by atoms with Gasteiger partial charge in [-0.2, -0.15) is 0 Å². The smallest absolute Gasteiger partial charge is 0.191 e. The van der Waals surface area contributed by atoms with Gasteiger partial charge in [-0.1, -0.05) is 11.8 Å². The number of aliphatic hydroxyl groups excluding tert-OH is 1. The van der Waals surface area contributed by atoms with E-state index < -0.39 is 0 Å². The van der Waals surface area contributed by atoms with E-state index in [2.05, 4.69) is 20.7 Å². The van der Waals surface area contributed by atoms with Gasteiger partial charge in [-0.3, -0.25) is 0 Å². The zero-order chi connectivity index (χ0) is 12.3. The molecule has 7 heteroatoms. The van der Waals surface area contributed by atoms with Crippen LogP contribution in [0, 0.1) is 5.41 Å². The Kier molecular flexibility index (Phi) is 3.70. The van der Waals surface area contributed by atoms with Crippen LogP contribution < -0.4 is 16.6 Å². The summed E-state index contributed by atoms with van der Waals surface area (Å²) in [6.07, 6.45) is 4.05. The molecule has 17 heavy (non-hydrogen) atoms. The first-order chi connectivity index (χ1) is 8.21. The fourth-order valence-corrected chi connectivity index (χ4v) is 1.91. The van der Waals surface area contributed by atoms with Gasteiger partial charge in [0.25, 0.3) is 0 Å². The number of nitrogens with zero attached hydrogens (tertiary/aromatic N) is 2. The molecule has 6 nitrogen and oxygen atoms in total. The second-order valence-electron chi connectivity index (χ2n) is 4.28. The Morgan fingerprint density at radius 1 is 1.47 bits per heavy atom. The Balaban J connectivity index is 2.04. The molecule has 0 radical (unpaired) electrons. The van der Waals surface area contributed by atoms with Gasteiger partial charge in [0.15, 0.2) is 5.16 Å². The first-order valence-corrected chi connectivity index (χ1v) is 6.68. The number of aromatic nitrogens is 2. The quantitative estimate of drug-likeness (QED) is 0.257. The largest absolute Gasteiger partial charge is 0.396 e. The standard InChI is InChI=1S/C10H17N5OS/c1-17-9-13-7(4-8(14-9)15-11)12-5-10(6-16)2-3-10/h4,16H,2-3,5-6,11H2,1H3,(H2,12,13,14,15). The molecular formula is C10H17N5OS. The molecule has 1 aromatic heterocycles. The highest BCUT2D eigenvalue weighted by Gasteiger charge is 2.41. The van der Waals surface area contributed by atoms with Crippen LogP contribution in [-0.4, -0.2) is 34.5 Å². The molecule has 1 aliphatic rings. The molecule has 94 valence electrons. The van der Waals surface area contributed by atoms with Crippen molar-refractivity contribution in [1.82, 2.24) is 9.97 Å². The number of nitrogen functional groups attached to an aromatic ring is 1. The molecule has 2 rings (SSSR count). The normalized spacial score (nSPS) is 16.6. The third-order valence-corrected chi connectivity index (χ3v) is 3.52. The number of hydrazine groups is 1. The Labute approximate surface area is 104 Å². The van der Waals surface area contributed by atoms with Crippen LogP contribution in [0.25, 0.3) is 0 Å². The maximum atomic E-state index is 9.23. The van der Waals surface area contributed by atoms with E-state index in [1.165, 1.54) is 11.8 Å². The summed E-state index contributed by atoms with van der Waals surface area (Å²) in [5.74, 6) is 6.66. The molecular weight excluding hydrogens is 238 g/mol. The van der Waals surface area contributed by atoms with Crippen LogP contribution in [0.4, 0.5) is 11.6 Å². The number of nitrogens with one attached hydrogen (secondary N) is 2. The topological polar surface area (TPSA) is 96.1 Å². The first-order valence-electron chi connectivity index (χ1n) is 5.46. The van der Waals surface area contributed by atoms with Gasteiger partial charge < -0.3 is 15.8 Å². The Hall–Kier alpha value is -1.05. The average molecular weight is 255 g/mol. The molecule has 1 aliphatic carbocycles. The lowest BCUT2D eigenvalue weighted by atomic mass is 10.1. The molecule has 0 aromatic carbocycles. The number of rotatable bonds is 6. The van der Waals surface area contributed by atoms with Crippen LogP contribution in [0.1, 0.15) is 12.8 Å². The molecule has 1 aromatic rings. The molecule has 1 heterocycles. The number of aliphatic hydroxyl groups is 1. The van der Waals surface area contributed by atoms with Crippen molar-refractivity contribution in [3.8, 4) is 0 Å². The van der Waals surface area contributed by atoms with Gasteiger partial charge in [-0.15, -0.1) is 0 Å². The maximum Gasteiger partial charge on any atom is 0.191 e. The van der Waals surface area contributed by atoms with Gasteiger partial charge in [0.1, 0.15) is 11.6 Å². The van der Waals surface area contributed by atoms with Crippen LogP contribution in [0.3, 0.4) is 0 Å². The third-order valence-electron chi connectivity index (χ3n) is 2.97. The zero-order valence-corrected chi connectivity index (χ0v) is 10.5. The van der Waals surface area contributed by atoms with Crippen molar-refractivity contribution in [3.63, 3.8) is 0 Å². The van der Waals surface area contributed by atoms with Crippen LogP contribution in [0.15, 0.2) is 11.2 Å². The van der Waals surface area contributed by atoms with E-state index in [4.69, 9.17) is 5.84 Å². The van der Waals surface area contributed by atoms with Crippen LogP contribution >= 0.6 is 11.8 Å². The molecule has 0 atom stereocenters. The lowest BCUT2D eigenvalue weighted by molar-refractivity contribution is 0.219. The molecule has 1 saturated carbocycles. The molecule has 0 aliphatic heterocycles. The van der Waals surface area contributed by atoms with E-state index in [1.54, 1.807) is 6.07 Å². The van der Waals surface area contributed by atoms with Gasteiger partial charge >= 0.3 is 0 Å².